The summed E-state index contributed by atoms with van der Waals surface area (Å²) in [6, 6.07) is 11.3. The summed E-state index contributed by atoms with van der Waals surface area (Å²) in [6.45, 7) is 10.1. The van der Waals surface area contributed by atoms with E-state index in [-0.39, 0.29) is 48.3 Å². The van der Waals surface area contributed by atoms with Gasteiger partial charge >= 0.3 is 16.4 Å². The van der Waals surface area contributed by atoms with Gasteiger partial charge in [0.15, 0.2) is 6.10 Å². The number of aliphatic hydroxyl groups excluding tert-OH is 1. The second kappa shape index (κ2) is 17.0. The lowest BCUT2D eigenvalue weighted by molar-refractivity contribution is -0.354. The number of allylic oxidation sites excluding steroid dienone is 1. The number of nitrogens with zero attached hydrogens (tertiary/aromatic N) is 1. The minimum Gasteiger partial charge on any atom is -0.507 e. The zero-order valence-corrected chi connectivity index (χ0v) is 39.2. The van der Waals surface area contributed by atoms with Crippen LogP contribution in [0.3, 0.4) is 0 Å². The molecule has 18 nitrogen and oxygen atoms in total. The van der Waals surface area contributed by atoms with Gasteiger partial charge < -0.3 is 54.7 Å². The Hall–Kier alpha value is -3.73. The molecule has 9 rings (SSSR count). The van der Waals surface area contributed by atoms with E-state index in [1.165, 1.54) is 20.3 Å². The first-order valence-corrected chi connectivity index (χ1v) is 23.9. The summed E-state index contributed by atoms with van der Waals surface area (Å²) < 4.78 is 54.4. The van der Waals surface area contributed by atoms with Gasteiger partial charge in [0.25, 0.3) is 0 Å². The van der Waals surface area contributed by atoms with Crippen LogP contribution >= 0.6 is 0 Å². The number of phenolic OH excluding ortho intramolecular Hbond substituents is 1. The molecule has 7 fully saturated rings. The van der Waals surface area contributed by atoms with Crippen molar-refractivity contribution < 1.29 is 81.8 Å². The highest BCUT2D eigenvalue weighted by Gasteiger charge is 2.88. The van der Waals surface area contributed by atoms with Crippen molar-refractivity contribution in [3.8, 4) is 17.2 Å². The molecule has 1 spiro atoms. The third kappa shape index (κ3) is 7.48. The predicted octanol–water partition coefficient (Wildman–Crippen LogP) is 2.98. The third-order valence-electron chi connectivity index (χ3n) is 16.8. The monoisotopic (exact) mass is 947 g/mol. The van der Waals surface area contributed by atoms with E-state index in [0.29, 0.717) is 61.5 Å². The molecular formula is C47H65NO17S. The Bertz CT molecular complexity index is 2340. The summed E-state index contributed by atoms with van der Waals surface area (Å²) in [7, 11) is -1.75. The van der Waals surface area contributed by atoms with E-state index in [0.717, 1.165) is 6.42 Å². The second-order valence-corrected chi connectivity index (χ2v) is 20.9. The molecule has 3 heterocycles. The van der Waals surface area contributed by atoms with Crippen molar-refractivity contribution in [3.05, 3.63) is 65.2 Å². The zero-order chi connectivity index (χ0) is 48.8. The molecule has 2 aromatic rings. The molecule has 7 aliphatic rings. The van der Waals surface area contributed by atoms with Crippen LogP contribution in [0.2, 0.25) is 0 Å². The smallest absolute Gasteiger partial charge is 0.394 e. The minimum absolute atomic E-state index is 0.0606. The van der Waals surface area contributed by atoms with Gasteiger partial charge in [-0.3, -0.25) is 18.8 Å². The molecule has 4 aliphatic carbocycles. The molecule has 3 saturated heterocycles. The maximum atomic E-state index is 12.9. The van der Waals surface area contributed by atoms with Crippen LogP contribution in [-0.2, 0) is 24.7 Å². The van der Waals surface area contributed by atoms with Crippen molar-refractivity contribution in [2.45, 2.75) is 138 Å². The van der Waals surface area contributed by atoms with Crippen LogP contribution in [0.25, 0.3) is 0 Å². The van der Waals surface area contributed by atoms with E-state index in [4.69, 9.17) is 36.5 Å². The highest BCUT2D eigenvalue weighted by atomic mass is 32.3. The quantitative estimate of drug-likeness (QED) is 0.0871. The summed E-state index contributed by atoms with van der Waals surface area (Å²) in [5.41, 5.74) is -8.34. The van der Waals surface area contributed by atoms with E-state index in [2.05, 4.69) is 11.8 Å². The molecule has 9 N–H and O–H groups in total. The van der Waals surface area contributed by atoms with Crippen LogP contribution < -0.4 is 9.47 Å². The largest absolute Gasteiger partial charge is 0.507 e. The number of hydrogen-bond donors (Lipinski definition) is 9. The average Bonchev–Trinajstić information content (AvgIpc) is 3.42. The summed E-state index contributed by atoms with van der Waals surface area (Å²) in [5.74, 6) is -3.79. The molecule has 366 valence electrons. The average molecular weight is 948 g/mol. The lowest BCUT2D eigenvalue weighted by atomic mass is 9.49. The van der Waals surface area contributed by atoms with E-state index in [1.807, 2.05) is 13.0 Å². The van der Waals surface area contributed by atoms with Gasteiger partial charge in [0, 0.05) is 78.4 Å². The maximum Gasteiger partial charge on any atom is 0.394 e. The van der Waals surface area contributed by atoms with Gasteiger partial charge in [-0.15, -0.1) is 0 Å². The number of hydrogen-bond acceptors (Lipinski definition) is 16. The minimum atomic E-state index is -4.67. The molecular weight excluding hydrogens is 883 g/mol. The number of phenols is 1. The molecule has 19 heteroatoms. The Morgan fingerprint density at radius 2 is 1.52 bits per heavy atom. The second-order valence-electron chi connectivity index (χ2n) is 20.0. The number of carbonyl (C=O) groups excluding carboxylic acids is 2. The highest BCUT2D eigenvalue weighted by molar-refractivity contribution is 7.79. The number of aromatic hydroxyl groups is 1. The number of ketones is 1. The summed E-state index contributed by atoms with van der Waals surface area (Å²) >= 11 is 0. The molecule has 4 bridgehead atoms. The molecule has 66 heavy (non-hydrogen) atoms. The Kier molecular flexibility index (Phi) is 13.0. The van der Waals surface area contributed by atoms with Crippen molar-refractivity contribution in [2.24, 2.45) is 29.1 Å². The number of esters is 1. The number of aliphatic hydroxyl groups is 6. The number of rotatable bonds is 6. The SMILES string of the molecule is CC=C(C)C(=O)OC1CCC2(C)C3CCC4C5(O)CC(O)C6(O)C(CN7CC(C)CCC7C6(C)O)C5(O)CC42OC13O.COc1cc(O)c(C(=O)c2ccccc2)c(OC)c1.O=S(=O)(O)O. The fourth-order valence-electron chi connectivity index (χ4n) is 13.6. The first kappa shape index (κ1) is 50.2. The fraction of sp³-hybridized carbons (Fsp3) is 0.660. The summed E-state index contributed by atoms with van der Waals surface area (Å²) in [5, 5.41) is 83.9. The van der Waals surface area contributed by atoms with Crippen molar-refractivity contribution in [3.63, 3.8) is 0 Å². The topological polar surface area (TPSA) is 291 Å². The molecule has 2 aromatic carbocycles. The first-order chi connectivity index (χ1) is 30.6. The van der Waals surface area contributed by atoms with Crippen molar-refractivity contribution >= 4 is 22.2 Å². The van der Waals surface area contributed by atoms with Gasteiger partial charge in [-0.05, 0) is 65.2 Å². The molecule has 0 amide bonds. The lowest BCUT2D eigenvalue weighted by Crippen LogP contribution is -2.85. The Labute approximate surface area is 384 Å². The number of methoxy groups -OCH3 is 2. The molecule has 3 aliphatic heterocycles. The van der Waals surface area contributed by atoms with Crippen LogP contribution in [-0.4, -0.2) is 149 Å². The maximum absolute atomic E-state index is 12.9. The lowest BCUT2D eigenvalue weighted by Gasteiger charge is -2.68. The van der Waals surface area contributed by atoms with Crippen molar-refractivity contribution in [2.75, 3.05) is 27.3 Å². The van der Waals surface area contributed by atoms with Crippen LogP contribution in [0.5, 0.6) is 17.2 Å². The Balaban J connectivity index is 0.000000224. The molecule has 0 radical (unpaired) electrons. The predicted molar refractivity (Wildman–Crippen MR) is 235 cm³/mol. The van der Waals surface area contributed by atoms with Gasteiger partial charge in [-0.1, -0.05) is 50.3 Å². The molecule has 14 atom stereocenters. The number of fused-ring (bicyclic) bond motifs is 5. The van der Waals surface area contributed by atoms with E-state index < -0.39 is 85.5 Å². The van der Waals surface area contributed by atoms with E-state index in [1.54, 1.807) is 57.2 Å². The third-order valence-corrected chi connectivity index (χ3v) is 16.8. The van der Waals surface area contributed by atoms with Crippen molar-refractivity contribution in [1.29, 1.82) is 0 Å². The normalized spacial score (nSPS) is 42.1. The van der Waals surface area contributed by atoms with Crippen molar-refractivity contribution in [1.82, 2.24) is 4.90 Å². The summed E-state index contributed by atoms with van der Waals surface area (Å²) in [4.78, 5) is 27.3. The van der Waals surface area contributed by atoms with E-state index in [9.17, 15) is 45.3 Å². The number of ether oxygens (including phenoxy) is 4. The zero-order valence-electron chi connectivity index (χ0n) is 38.4. The van der Waals surface area contributed by atoms with Gasteiger partial charge in [0.05, 0.1) is 25.9 Å². The number of carbonyl (C=O) groups is 2. The number of piperidine rings is 2. The Morgan fingerprint density at radius 3 is 2.12 bits per heavy atom. The van der Waals surface area contributed by atoms with Crippen LogP contribution in [0, 0.1) is 29.1 Å². The first-order valence-electron chi connectivity index (χ1n) is 22.5. The Morgan fingerprint density at radius 1 is 0.879 bits per heavy atom. The van der Waals surface area contributed by atoms with Gasteiger partial charge in [0.2, 0.25) is 11.6 Å². The molecule has 4 saturated carbocycles. The highest BCUT2D eigenvalue weighted by Crippen LogP contribution is 2.78. The molecule has 14 unspecified atom stereocenters. The fourth-order valence-corrected chi connectivity index (χ4v) is 13.6. The van der Waals surface area contributed by atoms with Gasteiger partial charge in [-0.25, -0.2) is 4.79 Å². The van der Waals surface area contributed by atoms with E-state index >= 15 is 0 Å². The van der Waals surface area contributed by atoms with Gasteiger partial charge in [0.1, 0.15) is 45.2 Å². The van der Waals surface area contributed by atoms with Gasteiger partial charge in [-0.2, -0.15) is 8.42 Å². The van der Waals surface area contributed by atoms with Crippen LogP contribution in [0.1, 0.15) is 102 Å². The summed E-state index contributed by atoms with van der Waals surface area (Å²) in [6.07, 6.45) is 2.30. The van der Waals surface area contributed by atoms with Crippen LogP contribution in [0.15, 0.2) is 54.1 Å². The molecule has 0 aromatic heterocycles. The standard InChI is InChI=1S/C32H49NO9.C15H14O4.H2O4S/c1-6-18(3)25(35)41-24-11-12-26(4)19-8-9-20-28(37)13-23(34)31(39)21(29(28,38)16-30(20,26)42-32(19,24)40)15-33-14-17(2)7-10-22(33)27(31,5)36;1-18-11-8-12(16)14(13(9-11)19-2)15(17)10-6-4-3-5-7-10;1-5(2,3)4/h6,17,19-24,34,36-40H,7-16H2,1-5H3;3-9,16H,1-2H3;(H2,1,2,3,4). The van der Waals surface area contributed by atoms with Crippen LogP contribution in [0.4, 0.5) is 0 Å². The number of benzene rings is 2.